The van der Waals surface area contributed by atoms with E-state index in [2.05, 4.69) is 5.32 Å². The number of carbonyl (C=O) groups is 2. The third-order valence-electron chi connectivity index (χ3n) is 3.26. The smallest absolute Gasteiger partial charge is 0.307 e. The van der Waals surface area contributed by atoms with E-state index in [4.69, 9.17) is 9.84 Å². The summed E-state index contributed by atoms with van der Waals surface area (Å²) < 4.78 is 5.38. The van der Waals surface area contributed by atoms with Crippen molar-refractivity contribution < 1.29 is 19.4 Å². The minimum absolute atomic E-state index is 0.0304. The van der Waals surface area contributed by atoms with Crippen LogP contribution in [0.4, 0.5) is 0 Å². The number of hydrogen-bond donors (Lipinski definition) is 2. The molecule has 5 heteroatoms. The molecule has 0 fully saturated rings. The van der Waals surface area contributed by atoms with Crippen LogP contribution in [0, 0.1) is 6.92 Å². The van der Waals surface area contributed by atoms with Gasteiger partial charge in [0.25, 0.3) is 5.91 Å². The van der Waals surface area contributed by atoms with Crippen molar-refractivity contribution in [2.75, 3.05) is 6.61 Å². The number of carboxylic acids is 1. The average Bonchev–Trinajstić information content (AvgIpc) is 2.53. The van der Waals surface area contributed by atoms with Crippen LogP contribution in [0.3, 0.4) is 0 Å². The van der Waals surface area contributed by atoms with Crippen LogP contribution in [-0.2, 0) is 22.6 Å². The van der Waals surface area contributed by atoms with Gasteiger partial charge in [-0.15, -0.1) is 0 Å². The molecular weight excluding hydrogens is 294 g/mol. The minimum Gasteiger partial charge on any atom is -0.484 e. The highest BCUT2D eigenvalue weighted by Crippen LogP contribution is 2.12. The van der Waals surface area contributed by atoms with Crippen LogP contribution in [-0.4, -0.2) is 23.6 Å². The SMILES string of the molecule is Cc1ccc(CNC(=O)COc2ccc(CC(=O)O)cc2)cc1. The summed E-state index contributed by atoms with van der Waals surface area (Å²) in [4.78, 5) is 22.3. The van der Waals surface area contributed by atoms with Gasteiger partial charge < -0.3 is 15.2 Å². The standard InChI is InChI=1S/C18H19NO4/c1-13-2-4-15(5-3-13)11-19-17(20)12-23-16-8-6-14(7-9-16)10-18(21)22/h2-9H,10-12H2,1H3,(H,19,20)(H,21,22). The molecule has 2 rings (SSSR count). The summed E-state index contributed by atoms with van der Waals surface area (Å²) in [6.45, 7) is 2.39. The van der Waals surface area contributed by atoms with Gasteiger partial charge in [-0.1, -0.05) is 42.0 Å². The average molecular weight is 313 g/mol. The number of amides is 1. The number of carboxylic acid groups (broad SMARTS) is 1. The van der Waals surface area contributed by atoms with Gasteiger partial charge in [0.05, 0.1) is 6.42 Å². The van der Waals surface area contributed by atoms with Crippen LogP contribution >= 0.6 is 0 Å². The lowest BCUT2D eigenvalue weighted by atomic mass is 10.1. The lowest BCUT2D eigenvalue weighted by molar-refractivity contribution is -0.136. The van der Waals surface area contributed by atoms with Crippen molar-refractivity contribution in [3.63, 3.8) is 0 Å². The predicted molar refractivity (Wildman–Crippen MR) is 86.3 cm³/mol. The van der Waals surface area contributed by atoms with Crippen molar-refractivity contribution in [1.82, 2.24) is 5.32 Å². The first-order valence-corrected chi connectivity index (χ1v) is 7.29. The Morgan fingerprint density at radius 3 is 2.22 bits per heavy atom. The molecule has 0 bridgehead atoms. The fourth-order valence-corrected chi connectivity index (χ4v) is 1.98. The number of carbonyl (C=O) groups excluding carboxylic acids is 1. The van der Waals surface area contributed by atoms with E-state index < -0.39 is 5.97 Å². The van der Waals surface area contributed by atoms with Crippen LogP contribution in [0.25, 0.3) is 0 Å². The summed E-state index contributed by atoms with van der Waals surface area (Å²) in [6, 6.07) is 14.6. The topological polar surface area (TPSA) is 75.6 Å². The molecule has 0 spiro atoms. The van der Waals surface area contributed by atoms with E-state index in [0.29, 0.717) is 17.9 Å². The molecule has 5 nitrogen and oxygen atoms in total. The third-order valence-corrected chi connectivity index (χ3v) is 3.26. The van der Waals surface area contributed by atoms with Gasteiger partial charge in [-0.2, -0.15) is 0 Å². The summed E-state index contributed by atoms with van der Waals surface area (Å²) in [5.74, 6) is -0.557. The normalized spacial score (nSPS) is 10.1. The molecule has 0 unspecified atom stereocenters. The summed E-state index contributed by atoms with van der Waals surface area (Å²) in [7, 11) is 0. The Bertz CT molecular complexity index is 662. The van der Waals surface area contributed by atoms with E-state index in [1.165, 1.54) is 5.56 Å². The second-order valence-corrected chi connectivity index (χ2v) is 5.27. The highest BCUT2D eigenvalue weighted by molar-refractivity contribution is 5.77. The molecule has 0 radical (unpaired) electrons. The van der Waals surface area contributed by atoms with Gasteiger partial charge in [0, 0.05) is 6.54 Å². The van der Waals surface area contributed by atoms with Gasteiger partial charge in [0.15, 0.2) is 6.61 Å². The fourth-order valence-electron chi connectivity index (χ4n) is 1.98. The van der Waals surface area contributed by atoms with Crippen molar-refractivity contribution in [2.45, 2.75) is 19.9 Å². The lowest BCUT2D eigenvalue weighted by Gasteiger charge is -2.08. The highest BCUT2D eigenvalue weighted by atomic mass is 16.5. The summed E-state index contributed by atoms with van der Waals surface area (Å²) in [6.07, 6.45) is -0.0304. The second-order valence-electron chi connectivity index (χ2n) is 5.27. The molecule has 1 amide bonds. The molecule has 2 aromatic rings. The largest absolute Gasteiger partial charge is 0.484 e. The number of benzene rings is 2. The molecule has 0 heterocycles. The Labute approximate surface area is 134 Å². The maximum absolute atomic E-state index is 11.8. The lowest BCUT2D eigenvalue weighted by Crippen LogP contribution is -2.28. The van der Waals surface area contributed by atoms with E-state index in [0.717, 1.165) is 5.56 Å². The minimum atomic E-state index is -0.880. The molecule has 0 atom stereocenters. The van der Waals surface area contributed by atoms with Gasteiger partial charge in [-0.3, -0.25) is 9.59 Å². The van der Waals surface area contributed by atoms with Crippen LogP contribution < -0.4 is 10.1 Å². The summed E-state index contributed by atoms with van der Waals surface area (Å²) >= 11 is 0. The molecular formula is C18H19NO4. The molecule has 120 valence electrons. The third kappa shape index (κ3) is 5.82. The van der Waals surface area contributed by atoms with E-state index in [1.807, 2.05) is 31.2 Å². The first-order chi connectivity index (χ1) is 11.0. The van der Waals surface area contributed by atoms with Crippen LogP contribution in [0.5, 0.6) is 5.75 Å². The number of nitrogens with one attached hydrogen (secondary N) is 1. The zero-order valence-corrected chi connectivity index (χ0v) is 12.9. The molecule has 0 aliphatic heterocycles. The van der Waals surface area contributed by atoms with Crippen molar-refractivity contribution in [2.24, 2.45) is 0 Å². The Kier molecular flexibility index (Phi) is 5.74. The summed E-state index contributed by atoms with van der Waals surface area (Å²) in [5.41, 5.74) is 2.89. The molecule has 2 aromatic carbocycles. The monoisotopic (exact) mass is 313 g/mol. The maximum Gasteiger partial charge on any atom is 0.307 e. The molecule has 23 heavy (non-hydrogen) atoms. The van der Waals surface area contributed by atoms with Gasteiger partial charge in [-0.25, -0.2) is 0 Å². The Hall–Kier alpha value is -2.82. The van der Waals surface area contributed by atoms with Crippen LogP contribution in [0.2, 0.25) is 0 Å². The van der Waals surface area contributed by atoms with Gasteiger partial charge in [-0.05, 0) is 30.2 Å². The number of hydrogen-bond acceptors (Lipinski definition) is 3. The summed E-state index contributed by atoms with van der Waals surface area (Å²) in [5, 5.41) is 11.5. The molecule has 0 aliphatic carbocycles. The van der Waals surface area contributed by atoms with Gasteiger partial charge >= 0.3 is 5.97 Å². The number of ether oxygens (including phenoxy) is 1. The quantitative estimate of drug-likeness (QED) is 0.822. The molecule has 0 aromatic heterocycles. The zero-order chi connectivity index (χ0) is 16.7. The molecule has 2 N–H and O–H groups in total. The zero-order valence-electron chi connectivity index (χ0n) is 12.9. The molecule has 0 saturated carbocycles. The van der Waals surface area contributed by atoms with Crippen LogP contribution in [0.1, 0.15) is 16.7 Å². The van der Waals surface area contributed by atoms with E-state index in [9.17, 15) is 9.59 Å². The molecule has 0 saturated heterocycles. The van der Waals surface area contributed by atoms with E-state index in [-0.39, 0.29) is 18.9 Å². The van der Waals surface area contributed by atoms with Crippen molar-refractivity contribution >= 4 is 11.9 Å². The first kappa shape index (κ1) is 16.5. The van der Waals surface area contributed by atoms with Gasteiger partial charge in [0.1, 0.15) is 5.75 Å². The first-order valence-electron chi connectivity index (χ1n) is 7.29. The van der Waals surface area contributed by atoms with Crippen molar-refractivity contribution in [1.29, 1.82) is 0 Å². The van der Waals surface area contributed by atoms with Crippen molar-refractivity contribution in [3.05, 3.63) is 65.2 Å². The van der Waals surface area contributed by atoms with Crippen molar-refractivity contribution in [3.8, 4) is 5.75 Å². The maximum atomic E-state index is 11.8. The van der Waals surface area contributed by atoms with E-state index in [1.54, 1.807) is 24.3 Å². The second kappa shape index (κ2) is 7.98. The Morgan fingerprint density at radius 1 is 1.00 bits per heavy atom. The number of aryl methyl sites for hydroxylation is 1. The van der Waals surface area contributed by atoms with Gasteiger partial charge in [0.2, 0.25) is 0 Å². The van der Waals surface area contributed by atoms with Crippen LogP contribution in [0.15, 0.2) is 48.5 Å². The molecule has 0 aliphatic rings. The van der Waals surface area contributed by atoms with E-state index >= 15 is 0 Å². The Morgan fingerprint density at radius 2 is 1.61 bits per heavy atom. The fraction of sp³-hybridized carbons (Fsp3) is 0.222. The Balaban J connectivity index is 1.75. The number of rotatable bonds is 7. The number of aliphatic carboxylic acids is 1. The highest BCUT2D eigenvalue weighted by Gasteiger charge is 2.04. The predicted octanol–water partition coefficient (Wildman–Crippen LogP) is 2.32.